The van der Waals surface area contributed by atoms with Crippen LogP contribution in [0.3, 0.4) is 0 Å². The third kappa shape index (κ3) is 7.12. The molecule has 0 radical (unpaired) electrons. The summed E-state index contributed by atoms with van der Waals surface area (Å²) in [6, 6.07) is 0. The largest absolute Gasteiger partial charge is 0.481 e. The van der Waals surface area contributed by atoms with Gasteiger partial charge in [-0.3, -0.25) is 9.59 Å². The second kappa shape index (κ2) is 7.45. The molecule has 0 aromatic heterocycles. The van der Waals surface area contributed by atoms with E-state index < -0.39 is 11.5 Å². The van der Waals surface area contributed by atoms with Crippen molar-refractivity contribution in [1.82, 2.24) is 5.32 Å². The Morgan fingerprint density at radius 1 is 1.37 bits per heavy atom. The van der Waals surface area contributed by atoms with Gasteiger partial charge >= 0.3 is 5.97 Å². The quantitative estimate of drug-likeness (QED) is 0.721. The second-order valence-corrected chi connectivity index (χ2v) is 5.45. The highest BCUT2D eigenvalue weighted by Crippen LogP contribution is 2.12. The van der Waals surface area contributed by atoms with Crippen LogP contribution in [0.15, 0.2) is 0 Å². The van der Waals surface area contributed by atoms with Crippen LogP contribution in [0.5, 0.6) is 0 Å². The second-order valence-electron chi connectivity index (χ2n) is 5.45. The predicted octanol–water partition coefficient (Wildman–Crippen LogP) is 0.942. The monoisotopic (exact) mass is 273 g/mol. The molecule has 1 fully saturated rings. The van der Waals surface area contributed by atoms with E-state index >= 15 is 0 Å². The first-order valence-electron chi connectivity index (χ1n) is 6.61. The normalized spacial score (nSPS) is 17.2. The molecule has 0 aromatic rings. The van der Waals surface area contributed by atoms with Crippen LogP contribution >= 0.6 is 0 Å². The summed E-state index contributed by atoms with van der Waals surface area (Å²) in [7, 11) is 0. The van der Waals surface area contributed by atoms with Gasteiger partial charge in [-0.2, -0.15) is 0 Å². The Labute approximate surface area is 113 Å². The van der Waals surface area contributed by atoms with Crippen LogP contribution in [0, 0.1) is 0 Å². The van der Waals surface area contributed by atoms with Crippen molar-refractivity contribution in [3.05, 3.63) is 0 Å². The summed E-state index contributed by atoms with van der Waals surface area (Å²) in [4.78, 5) is 22.2. The lowest BCUT2D eigenvalue weighted by Gasteiger charge is -2.27. The van der Waals surface area contributed by atoms with E-state index in [0.29, 0.717) is 19.6 Å². The molecule has 110 valence electrons. The molecule has 0 spiro atoms. The molecule has 0 aromatic carbocycles. The summed E-state index contributed by atoms with van der Waals surface area (Å²) >= 11 is 0. The fourth-order valence-corrected chi connectivity index (χ4v) is 1.93. The highest BCUT2D eigenvalue weighted by molar-refractivity contribution is 5.78. The lowest BCUT2D eigenvalue weighted by atomic mass is 9.98. The van der Waals surface area contributed by atoms with Crippen LogP contribution in [0.4, 0.5) is 0 Å². The molecule has 1 amide bonds. The number of carbonyl (C=O) groups excluding carboxylic acids is 1. The number of rotatable bonds is 7. The number of carbonyl (C=O) groups is 2. The van der Waals surface area contributed by atoms with Crippen molar-refractivity contribution < 1.29 is 24.2 Å². The van der Waals surface area contributed by atoms with Crippen LogP contribution in [0.2, 0.25) is 0 Å². The van der Waals surface area contributed by atoms with Gasteiger partial charge in [-0.05, 0) is 33.1 Å². The van der Waals surface area contributed by atoms with E-state index in [-0.39, 0.29) is 25.0 Å². The topological polar surface area (TPSA) is 84.9 Å². The van der Waals surface area contributed by atoms with Crippen molar-refractivity contribution in [1.29, 1.82) is 0 Å². The smallest absolute Gasteiger partial charge is 0.303 e. The van der Waals surface area contributed by atoms with Gasteiger partial charge in [0.2, 0.25) is 5.91 Å². The highest BCUT2D eigenvalue weighted by Gasteiger charge is 2.22. The molecule has 19 heavy (non-hydrogen) atoms. The molecule has 1 aliphatic heterocycles. The Bertz CT molecular complexity index is 310. The van der Waals surface area contributed by atoms with Crippen LogP contribution < -0.4 is 5.32 Å². The summed E-state index contributed by atoms with van der Waals surface area (Å²) in [6.45, 7) is 4.98. The van der Waals surface area contributed by atoms with Gasteiger partial charge < -0.3 is 19.9 Å². The summed E-state index contributed by atoms with van der Waals surface area (Å²) < 4.78 is 10.7. The lowest BCUT2D eigenvalue weighted by molar-refractivity contribution is -0.138. The Hall–Kier alpha value is -1.14. The summed E-state index contributed by atoms with van der Waals surface area (Å²) in [6.07, 6.45) is 2.15. The molecule has 0 unspecified atom stereocenters. The van der Waals surface area contributed by atoms with Crippen LogP contribution in [-0.4, -0.2) is 48.4 Å². The standard InChI is InChI=1S/C13H23NO5/c1-13(2,6-3-12(16)17)14-11(15)9-19-10-4-7-18-8-5-10/h10H,3-9H2,1-2H3,(H,14,15)(H,16,17). The fourth-order valence-electron chi connectivity index (χ4n) is 1.93. The van der Waals surface area contributed by atoms with Crippen LogP contribution in [0.1, 0.15) is 39.5 Å². The molecule has 6 heteroatoms. The molecule has 0 aliphatic carbocycles. The van der Waals surface area contributed by atoms with Gasteiger partial charge in [-0.15, -0.1) is 0 Å². The third-order valence-corrected chi connectivity index (χ3v) is 3.06. The van der Waals surface area contributed by atoms with Gasteiger partial charge in [0.25, 0.3) is 0 Å². The molecule has 1 rings (SSSR count). The first-order chi connectivity index (χ1) is 8.89. The fraction of sp³-hybridized carbons (Fsp3) is 0.846. The van der Waals surface area contributed by atoms with E-state index in [1.807, 2.05) is 13.8 Å². The van der Waals surface area contributed by atoms with Gasteiger partial charge in [-0.1, -0.05) is 0 Å². The van der Waals surface area contributed by atoms with E-state index in [0.717, 1.165) is 12.8 Å². The number of hydrogen-bond acceptors (Lipinski definition) is 4. The zero-order valence-electron chi connectivity index (χ0n) is 11.6. The van der Waals surface area contributed by atoms with Crippen molar-refractivity contribution in [2.75, 3.05) is 19.8 Å². The number of nitrogens with one attached hydrogen (secondary N) is 1. The zero-order chi connectivity index (χ0) is 14.3. The number of amides is 1. The Balaban J connectivity index is 2.23. The van der Waals surface area contributed by atoms with Crippen molar-refractivity contribution in [3.63, 3.8) is 0 Å². The summed E-state index contributed by atoms with van der Waals surface area (Å²) in [5.74, 6) is -1.07. The Morgan fingerprint density at radius 3 is 2.58 bits per heavy atom. The Morgan fingerprint density at radius 2 is 2.00 bits per heavy atom. The number of ether oxygens (including phenoxy) is 2. The molecule has 1 aliphatic rings. The average Bonchev–Trinajstić information content (AvgIpc) is 2.35. The maximum atomic E-state index is 11.7. The summed E-state index contributed by atoms with van der Waals surface area (Å²) in [5, 5.41) is 11.4. The van der Waals surface area contributed by atoms with E-state index in [9.17, 15) is 9.59 Å². The SMILES string of the molecule is CC(C)(CCC(=O)O)NC(=O)COC1CCOCC1. The first kappa shape index (κ1) is 15.9. The van der Waals surface area contributed by atoms with Crippen LogP contribution in [0.25, 0.3) is 0 Å². The number of carboxylic acids is 1. The minimum Gasteiger partial charge on any atom is -0.481 e. The molecule has 6 nitrogen and oxygen atoms in total. The van der Waals surface area contributed by atoms with Crippen molar-refractivity contribution in [2.45, 2.75) is 51.2 Å². The molecular formula is C13H23NO5. The van der Waals surface area contributed by atoms with E-state index in [4.69, 9.17) is 14.6 Å². The molecule has 1 heterocycles. The molecule has 0 saturated carbocycles. The first-order valence-corrected chi connectivity index (χ1v) is 6.61. The number of hydrogen-bond donors (Lipinski definition) is 2. The maximum absolute atomic E-state index is 11.7. The minimum atomic E-state index is -0.860. The van der Waals surface area contributed by atoms with E-state index in [2.05, 4.69) is 5.32 Å². The van der Waals surface area contributed by atoms with Crippen molar-refractivity contribution in [3.8, 4) is 0 Å². The van der Waals surface area contributed by atoms with E-state index in [1.165, 1.54) is 0 Å². The third-order valence-electron chi connectivity index (χ3n) is 3.06. The molecule has 1 saturated heterocycles. The summed E-state index contributed by atoms with van der Waals surface area (Å²) in [5.41, 5.74) is -0.533. The Kier molecular flexibility index (Phi) is 6.24. The predicted molar refractivity (Wildman–Crippen MR) is 68.9 cm³/mol. The van der Waals surface area contributed by atoms with Gasteiger partial charge in [-0.25, -0.2) is 0 Å². The molecule has 0 atom stereocenters. The highest BCUT2D eigenvalue weighted by atomic mass is 16.5. The molecular weight excluding hydrogens is 250 g/mol. The lowest BCUT2D eigenvalue weighted by Crippen LogP contribution is -2.45. The molecule has 2 N–H and O–H groups in total. The maximum Gasteiger partial charge on any atom is 0.303 e. The number of aliphatic carboxylic acids is 1. The zero-order valence-corrected chi connectivity index (χ0v) is 11.6. The van der Waals surface area contributed by atoms with Crippen molar-refractivity contribution in [2.24, 2.45) is 0 Å². The van der Waals surface area contributed by atoms with Crippen LogP contribution in [-0.2, 0) is 19.1 Å². The van der Waals surface area contributed by atoms with Gasteiger partial charge in [0, 0.05) is 25.2 Å². The molecule has 0 bridgehead atoms. The van der Waals surface area contributed by atoms with Gasteiger partial charge in [0.05, 0.1) is 6.10 Å². The van der Waals surface area contributed by atoms with Crippen molar-refractivity contribution >= 4 is 11.9 Å². The van der Waals surface area contributed by atoms with E-state index in [1.54, 1.807) is 0 Å². The van der Waals surface area contributed by atoms with Gasteiger partial charge in [0.15, 0.2) is 0 Å². The van der Waals surface area contributed by atoms with Gasteiger partial charge in [0.1, 0.15) is 6.61 Å². The minimum absolute atomic E-state index is 0.0150. The number of carboxylic acid groups (broad SMARTS) is 1. The average molecular weight is 273 g/mol.